The average Bonchev–Trinajstić information content (AvgIpc) is 2.81. The Morgan fingerprint density at radius 1 is 1.08 bits per heavy atom. The van der Waals surface area contributed by atoms with Gasteiger partial charge in [0.1, 0.15) is 7.05 Å². The largest absolute Gasteiger partial charge is 0.416 e. The number of alkyl halides is 3. The van der Waals surface area contributed by atoms with Gasteiger partial charge in [0.2, 0.25) is 5.69 Å². The Balaban J connectivity index is 2.11. The lowest BCUT2D eigenvalue weighted by Crippen LogP contribution is -2.30. The summed E-state index contributed by atoms with van der Waals surface area (Å²) >= 11 is 0. The van der Waals surface area contributed by atoms with Crippen molar-refractivity contribution in [2.24, 2.45) is 0 Å². The van der Waals surface area contributed by atoms with E-state index in [9.17, 15) is 13.2 Å². The molecule has 1 unspecified atom stereocenters. The lowest BCUT2D eigenvalue weighted by Gasteiger charge is -2.21. The first kappa shape index (κ1) is 18.2. The van der Waals surface area contributed by atoms with Crippen LogP contribution in [-0.2, 0) is 11.6 Å². The third-order valence-corrected chi connectivity index (χ3v) is 4.99. The van der Waals surface area contributed by atoms with Gasteiger partial charge >= 0.3 is 6.18 Å². The Hall–Kier alpha value is -2.62. The lowest BCUT2D eigenvalue weighted by atomic mass is 9.76. The van der Waals surface area contributed by atoms with Crippen molar-refractivity contribution in [3.8, 4) is 0 Å². The van der Waals surface area contributed by atoms with E-state index in [1.54, 1.807) is 12.1 Å². The SMILES string of the molecule is C=CCC1(C)C(C=Cc2ccccc2)=[N+](C)c2ccc(C(F)(F)F)cc21. The predicted octanol–water partition coefficient (Wildman–Crippen LogP) is 5.98. The summed E-state index contributed by atoms with van der Waals surface area (Å²) < 4.78 is 41.6. The smallest absolute Gasteiger partial charge is 0.198 e. The zero-order valence-electron chi connectivity index (χ0n) is 14.8. The Kier molecular flexibility index (Phi) is 4.61. The zero-order chi connectivity index (χ0) is 18.9. The van der Waals surface area contributed by atoms with Gasteiger partial charge in [-0.2, -0.15) is 17.7 Å². The van der Waals surface area contributed by atoms with Crippen molar-refractivity contribution >= 4 is 17.5 Å². The van der Waals surface area contributed by atoms with E-state index in [-0.39, 0.29) is 0 Å². The molecule has 0 saturated carbocycles. The number of rotatable bonds is 4. The molecular formula is C22H21F3N+. The average molecular weight is 356 g/mol. The first-order valence-electron chi connectivity index (χ1n) is 8.44. The molecule has 4 heteroatoms. The van der Waals surface area contributed by atoms with Gasteiger partial charge in [-0.25, -0.2) is 0 Å². The monoisotopic (exact) mass is 356 g/mol. The van der Waals surface area contributed by atoms with Gasteiger partial charge in [-0.15, -0.1) is 6.58 Å². The van der Waals surface area contributed by atoms with Crippen LogP contribution in [0.5, 0.6) is 0 Å². The topological polar surface area (TPSA) is 3.01 Å². The lowest BCUT2D eigenvalue weighted by molar-refractivity contribution is -0.401. The van der Waals surface area contributed by atoms with Crippen molar-refractivity contribution in [1.82, 2.24) is 0 Å². The van der Waals surface area contributed by atoms with Crippen LogP contribution in [0.15, 0.2) is 67.3 Å². The van der Waals surface area contributed by atoms with Crippen LogP contribution in [-0.4, -0.2) is 17.3 Å². The molecule has 1 heterocycles. The molecule has 0 fully saturated rings. The molecule has 134 valence electrons. The fourth-order valence-electron chi connectivity index (χ4n) is 3.62. The molecule has 0 saturated heterocycles. The van der Waals surface area contributed by atoms with Crippen LogP contribution >= 0.6 is 0 Å². The summed E-state index contributed by atoms with van der Waals surface area (Å²) in [6.45, 7) is 5.79. The minimum absolute atomic E-state index is 0.556. The van der Waals surface area contributed by atoms with Gasteiger partial charge in [0.05, 0.1) is 11.0 Å². The van der Waals surface area contributed by atoms with E-state index in [1.165, 1.54) is 6.07 Å². The molecule has 1 aliphatic rings. The van der Waals surface area contributed by atoms with Gasteiger partial charge < -0.3 is 0 Å². The van der Waals surface area contributed by atoms with Crippen molar-refractivity contribution in [3.63, 3.8) is 0 Å². The minimum Gasteiger partial charge on any atom is -0.198 e. The highest BCUT2D eigenvalue weighted by molar-refractivity contribution is 6.05. The number of fused-ring (bicyclic) bond motifs is 1. The zero-order valence-corrected chi connectivity index (χ0v) is 14.8. The van der Waals surface area contributed by atoms with E-state index in [0.29, 0.717) is 12.0 Å². The molecule has 1 atom stereocenters. The van der Waals surface area contributed by atoms with E-state index in [0.717, 1.165) is 23.0 Å². The minimum atomic E-state index is -4.36. The van der Waals surface area contributed by atoms with Gasteiger partial charge in [-0.3, -0.25) is 0 Å². The Morgan fingerprint density at radius 2 is 1.77 bits per heavy atom. The Bertz CT molecular complexity index is 891. The van der Waals surface area contributed by atoms with E-state index in [1.807, 2.05) is 61.0 Å². The van der Waals surface area contributed by atoms with Crippen molar-refractivity contribution in [3.05, 3.63) is 84.0 Å². The second-order valence-corrected chi connectivity index (χ2v) is 6.74. The summed E-state index contributed by atoms with van der Waals surface area (Å²) in [5.41, 5.74) is 2.31. The normalized spacial score (nSPS) is 19.9. The fourth-order valence-corrected chi connectivity index (χ4v) is 3.62. The first-order chi connectivity index (χ1) is 12.3. The van der Waals surface area contributed by atoms with Crippen LogP contribution < -0.4 is 0 Å². The summed E-state index contributed by atoms with van der Waals surface area (Å²) in [4.78, 5) is 0. The van der Waals surface area contributed by atoms with E-state index < -0.39 is 17.2 Å². The van der Waals surface area contributed by atoms with Gasteiger partial charge in [0.25, 0.3) is 0 Å². The van der Waals surface area contributed by atoms with Crippen molar-refractivity contribution in [2.45, 2.75) is 24.9 Å². The highest BCUT2D eigenvalue weighted by atomic mass is 19.4. The molecule has 2 aromatic carbocycles. The van der Waals surface area contributed by atoms with Crippen LogP contribution in [0.25, 0.3) is 6.08 Å². The van der Waals surface area contributed by atoms with Crippen LogP contribution in [0.1, 0.15) is 30.0 Å². The van der Waals surface area contributed by atoms with Crippen molar-refractivity contribution in [2.75, 3.05) is 7.05 Å². The molecule has 0 bridgehead atoms. The number of benzene rings is 2. The molecule has 26 heavy (non-hydrogen) atoms. The van der Waals surface area contributed by atoms with Gasteiger partial charge in [-0.05, 0) is 37.1 Å². The van der Waals surface area contributed by atoms with E-state index >= 15 is 0 Å². The fraction of sp³-hybridized carbons (Fsp3) is 0.227. The predicted molar refractivity (Wildman–Crippen MR) is 99.9 cm³/mol. The summed E-state index contributed by atoms with van der Waals surface area (Å²) in [6.07, 6.45) is 1.95. The molecule has 0 N–H and O–H groups in total. The third-order valence-electron chi connectivity index (χ3n) is 4.99. The van der Waals surface area contributed by atoms with E-state index in [2.05, 4.69) is 6.58 Å². The Labute approximate surface area is 151 Å². The first-order valence-corrected chi connectivity index (χ1v) is 8.44. The number of halogens is 3. The third kappa shape index (κ3) is 3.12. The van der Waals surface area contributed by atoms with Crippen LogP contribution in [0.4, 0.5) is 18.9 Å². The molecular weight excluding hydrogens is 335 g/mol. The number of hydrogen-bond donors (Lipinski definition) is 0. The number of allylic oxidation sites excluding steroid dienone is 2. The van der Waals surface area contributed by atoms with Crippen molar-refractivity contribution in [1.29, 1.82) is 0 Å². The second-order valence-electron chi connectivity index (χ2n) is 6.74. The highest BCUT2D eigenvalue weighted by Crippen LogP contribution is 2.44. The maximum atomic E-state index is 13.2. The van der Waals surface area contributed by atoms with E-state index in [4.69, 9.17) is 0 Å². The summed E-state index contributed by atoms with van der Waals surface area (Å²) in [7, 11) is 1.89. The van der Waals surface area contributed by atoms with Gasteiger partial charge in [0, 0.05) is 17.7 Å². The standard InChI is InChI=1S/C22H21F3N/c1-4-14-21(2)18-15-17(22(23,24)25)11-12-19(18)26(3)20(21)13-10-16-8-6-5-7-9-16/h4-13,15H,1,14H2,2-3H3/q+1. The molecule has 1 nitrogen and oxygen atoms in total. The number of hydrogen-bond acceptors (Lipinski definition) is 0. The highest BCUT2D eigenvalue weighted by Gasteiger charge is 2.47. The molecule has 0 radical (unpaired) electrons. The second kappa shape index (κ2) is 6.60. The number of nitrogens with zero attached hydrogens (tertiary/aromatic N) is 1. The summed E-state index contributed by atoms with van der Waals surface area (Å²) in [5.74, 6) is 0. The quantitative estimate of drug-likeness (QED) is 0.468. The van der Waals surface area contributed by atoms with Crippen LogP contribution in [0.3, 0.4) is 0 Å². The maximum Gasteiger partial charge on any atom is 0.416 e. The molecule has 0 aliphatic carbocycles. The molecule has 2 aromatic rings. The van der Waals surface area contributed by atoms with Crippen LogP contribution in [0.2, 0.25) is 0 Å². The van der Waals surface area contributed by atoms with Crippen LogP contribution in [0, 0.1) is 0 Å². The molecule has 0 spiro atoms. The van der Waals surface area contributed by atoms with Gasteiger partial charge in [0.15, 0.2) is 5.71 Å². The summed E-state index contributed by atoms with van der Waals surface area (Å²) in [5, 5.41) is 0. The molecule has 0 aromatic heterocycles. The molecule has 0 amide bonds. The molecule has 3 rings (SSSR count). The maximum absolute atomic E-state index is 13.2. The van der Waals surface area contributed by atoms with Crippen molar-refractivity contribution < 1.29 is 17.7 Å². The molecule has 1 aliphatic heterocycles. The summed E-state index contributed by atoms with van der Waals surface area (Å²) in [6, 6.07) is 13.8. The Morgan fingerprint density at radius 3 is 2.38 bits per heavy atom. The van der Waals surface area contributed by atoms with Gasteiger partial charge in [-0.1, -0.05) is 36.4 Å².